The van der Waals surface area contributed by atoms with Crippen LogP contribution in [0.1, 0.15) is 74.5 Å². The van der Waals surface area contributed by atoms with Crippen molar-refractivity contribution in [2.75, 3.05) is 15.5 Å². The normalized spacial score (nSPS) is 17.0. The molecule has 1 aliphatic rings. The average molecular weight is 779 g/mol. The highest BCUT2D eigenvalue weighted by Gasteiger charge is 2.67. The van der Waals surface area contributed by atoms with Crippen LogP contribution in [-0.4, -0.2) is 39.0 Å². The van der Waals surface area contributed by atoms with Gasteiger partial charge in [-0.15, -0.1) is 23.2 Å². The SMILES string of the molecule is CC(C)(C)OC(=O)N(C(=O)O)c1c(F)cc(C(C)(C)C)c(NC(=O)c2cc(NC(=O)[C@H]3[C@H](c4cccc(C(F)(F)F)c4)C3(Cl)Cl)ccc2Cl)c1F. The molecule has 9 nitrogen and oxygen atoms in total. The Balaban J connectivity index is 1.67. The highest BCUT2D eigenvalue weighted by atomic mass is 35.5. The third kappa shape index (κ3) is 8.50. The second-order valence-corrected chi connectivity index (χ2v) is 15.5. The van der Waals surface area contributed by atoms with Crippen molar-refractivity contribution in [2.24, 2.45) is 5.92 Å². The Morgan fingerprint density at radius 3 is 2.10 bits per heavy atom. The van der Waals surface area contributed by atoms with Crippen molar-refractivity contribution in [1.29, 1.82) is 0 Å². The Labute approximate surface area is 304 Å². The van der Waals surface area contributed by atoms with Gasteiger partial charge in [-0.05, 0) is 67.6 Å². The number of imide groups is 1. The number of benzene rings is 3. The van der Waals surface area contributed by atoms with Crippen molar-refractivity contribution in [3.05, 3.63) is 87.4 Å². The maximum absolute atomic E-state index is 16.2. The molecule has 0 bridgehead atoms. The van der Waals surface area contributed by atoms with Crippen molar-refractivity contribution in [3.63, 3.8) is 0 Å². The summed E-state index contributed by atoms with van der Waals surface area (Å²) < 4.78 is 74.8. The molecule has 0 spiro atoms. The van der Waals surface area contributed by atoms with Gasteiger partial charge in [0.15, 0.2) is 11.6 Å². The lowest BCUT2D eigenvalue weighted by Gasteiger charge is -2.28. The van der Waals surface area contributed by atoms with Crippen LogP contribution in [0.2, 0.25) is 5.02 Å². The number of carboxylic acid groups (broad SMARTS) is 1. The van der Waals surface area contributed by atoms with Gasteiger partial charge in [0.1, 0.15) is 15.6 Å². The van der Waals surface area contributed by atoms with Crippen LogP contribution in [0.4, 0.5) is 48.6 Å². The Kier molecular flexibility index (Phi) is 10.7. The Morgan fingerprint density at radius 1 is 0.922 bits per heavy atom. The molecule has 274 valence electrons. The van der Waals surface area contributed by atoms with Gasteiger partial charge in [-0.3, -0.25) is 9.59 Å². The van der Waals surface area contributed by atoms with E-state index in [0.717, 1.165) is 30.3 Å². The van der Waals surface area contributed by atoms with E-state index in [1.54, 1.807) is 20.8 Å². The zero-order valence-corrected chi connectivity index (χ0v) is 30.0. The summed E-state index contributed by atoms with van der Waals surface area (Å²) in [5.74, 6) is -7.14. The van der Waals surface area contributed by atoms with E-state index in [9.17, 15) is 37.5 Å². The van der Waals surface area contributed by atoms with E-state index in [-0.39, 0.29) is 32.3 Å². The lowest BCUT2D eigenvalue weighted by molar-refractivity contribution is -0.137. The number of hydrogen-bond acceptors (Lipinski definition) is 5. The van der Waals surface area contributed by atoms with Crippen molar-refractivity contribution in [1.82, 2.24) is 0 Å². The van der Waals surface area contributed by atoms with Crippen LogP contribution in [0.5, 0.6) is 0 Å². The summed E-state index contributed by atoms with van der Waals surface area (Å²) in [6.07, 6.45) is -8.33. The highest BCUT2D eigenvalue weighted by Crippen LogP contribution is 2.65. The largest absolute Gasteiger partial charge is 0.464 e. The summed E-state index contributed by atoms with van der Waals surface area (Å²) in [5.41, 5.74) is -5.69. The van der Waals surface area contributed by atoms with Crippen LogP contribution in [-0.2, 0) is 21.1 Å². The molecule has 0 heterocycles. The van der Waals surface area contributed by atoms with Crippen LogP contribution in [0.25, 0.3) is 0 Å². The van der Waals surface area contributed by atoms with Gasteiger partial charge in [-0.2, -0.15) is 18.1 Å². The van der Waals surface area contributed by atoms with E-state index in [4.69, 9.17) is 39.5 Å². The average Bonchev–Trinajstić information content (AvgIpc) is 3.56. The summed E-state index contributed by atoms with van der Waals surface area (Å²) in [6.45, 7) is 8.90. The van der Waals surface area contributed by atoms with E-state index in [2.05, 4.69) is 10.6 Å². The molecule has 3 N–H and O–H groups in total. The number of rotatable bonds is 6. The van der Waals surface area contributed by atoms with E-state index < -0.39 is 85.9 Å². The molecule has 17 heteroatoms. The van der Waals surface area contributed by atoms with Crippen molar-refractivity contribution in [3.8, 4) is 0 Å². The molecule has 51 heavy (non-hydrogen) atoms. The number of nitrogens with one attached hydrogen (secondary N) is 2. The van der Waals surface area contributed by atoms with Gasteiger partial charge in [0.05, 0.1) is 27.8 Å². The molecule has 1 saturated carbocycles. The summed E-state index contributed by atoms with van der Waals surface area (Å²) in [6, 6.07) is 8.60. The smallest absolute Gasteiger partial charge is 0.424 e. The number of ether oxygens (including phenoxy) is 1. The van der Waals surface area contributed by atoms with E-state index >= 15 is 8.78 Å². The second-order valence-electron chi connectivity index (χ2n) is 13.7. The third-order valence-corrected chi connectivity index (χ3v) is 8.89. The molecule has 3 aromatic rings. The van der Waals surface area contributed by atoms with Gasteiger partial charge in [0.25, 0.3) is 5.91 Å². The van der Waals surface area contributed by atoms with Crippen LogP contribution in [0, 0.1) is 17.6 Å². The fourth-order valence-electron chi connectivity index (χ4n) is 5.25. The molecular weight excluding hydrogens is 748 g/mol. The molecule has 0 aliphatic heterocycles. The van der Waals surface area contributed by atoms with Gasteiger partial charge in [0.2, 0.25) is 5.91 Å². The number of nitrogens with zero attached hydrogens (tertiary/aromatic N) is 1. The molecule has 0 radical (unpaired) electrons. The first kappa shape index (κ1) is 39.6. The number of anilines is 3. The predicted octanol–water partition coefficient (Wildman–Crippen LogP) is 10.1. The lowest BCUT2D eigenvalue weighted by atomic mass is 9.85. The Bertz CT molecular complexity index is 1920. The minimum Gasteiger partial charge on any atom is -0.464 e. The zero-order valence-electron chi connectivity index (χ0n) is 27.7. The fraction of sp³-hybridized carbons (Fsp3) is 0.353. The molecule has 0 unspecified atom stereocenters. The summed E-state index contributed by atoms with van der Waals surface area (Å²) in [7, 11) is 0. The Hall–Kier alpha value is -4.14. The predicted molar refractivity (Wildman–Crippen MR) is 182 cm³/mol. The number of amides is 4. The summed E-state index contributed by atoms with van der Waals surface area (Å²) >= 11 is 18.9. The maximum Gasteiger partial charge on any atom is 0.424 e. The van der Waals surface area contributed by atoms with Crippen molar-refractivity contribution in [2.45, 2.75) is 69.0 Å². The number of alkyl halides is 5. The van der Waals surface area contributed by atoms with Gasteiger partial charge < -0.3 is 20.5 Å². The standard InChI is InChI=1S/C34H31Cl3F5N3O6/c1-31(2,3)19-14-21(38)26(45(29(48)49)30(50)51-32(4,5)6)24(39)25(19)44-27(46)18-13-17(10-11-20(18)35)43-28(47)23-22(33(23,36)37)15-8-7-9-16(12-15)34(40,41)42/h7-14,22-23H,1-6H3,(H,43,47)(H,44,46)(H,48,49)/t22-,23+/m0/s1. The zero-order chi connectivity index (χ0) is 38.6. The van der Waals surface area contributed by atoms with Gasteiger partial charge in [0, 0.05) is 11.6 Å². The molecule has 3 aromatic carbocycles. The van der Waals surface area contributed by atoms with Crippen molar-refractivity contribution < 1.29 is 51.0 Å². The highest BCUT2D eigenvalue weighted by molar-refractivity contribution is 6.53. The molecule has 4 amide bonds. The van der Waals surface area contributed by atoms with Gasteiger partial charge in [-0.25, -0.2) is 18.4 Å². The fourth-order valence-corrected chi connectivity index (χ4v) is 6.29. The van der Waals surface area contributed by atoms with E-state index in [1.165, 1.54) is 39.0 Å². The quantitative estimate of drug-likeness (QED) is 0.169. The number of carbonyl (C=O) groups excluding carboxylic acids is 3. The number of carbonyl (C=O) groups is 4. The minimum atomic E-state index is -4.65. The monoisotopic (exact) mass is 777 g/mol. The molecule has 1 fully saturated rings. The third-order valence-electron chi connectivity index (χ3n) is 7.62. The molecule has 0 aromatic heterocycles. The van der Waals surface area contributed by atoms with Crippen LogP contribution >= 0.6 is 34.8 Å². The van der Waals surface area contributed by atoms with Gasteiger partial charge in [-0.1, -0.05) is 50.6 Å². The van der Waals surface area contributed by atoms with Crippen LogP contribution < -0.4 is 15.5 Å². The number of halogens is 8. The van der Waals surface area contributed by atoms with Crippen molar-refractivity contribution >= 4 is 75.9 Å². The van der Waals surface area contributed by atoms with Crippen LogP contribution in [0.3, 0.4) is 0 Å². The topological polar surface area (TPSA) is 125 Å². The van der Waals surface area contributed by atoms with Gasteiger partial charge >= 0.3 is 18.4 Å². The second kappa shape index (κ2) is 13.8. The molecule has 2 atom stereocenters. The first-order valence-electron chi connectivity index (χ1n) is 15.0. The Morgan fingerprint density at radius 2 is 1.55 bits per heavy atom. The summed E-state index contributed by atoms with van der Waals surface area (Å²) in [4.78, 5) is 51.4. The molecule has 0 saturated heterocycles. The maximum atomic E-state index is 16.2. The summed E-state index contributed by atoms with van der Waals surface area (Å²) in [5, 5.41) is 14.3. The number of hydrogen-bond donors (Lipinski definition) is 3. The molecule has 4 rings (SSSR count). The van der Waals surface area contributed by atoms with E-state index in [1.807, 2.05) is 0 Å². The first-order chi connectivity index (χ1) is 23.3. The first-order valence-corrected chi connectivity index (χ1v) is 16.1. The van der Waals surface area contributed by atoms with E-state index in [0.29, 0.717) is 0 Å². The molecule has 1 aliphatic carbocycles. The van der Waals surface area contributed by atoms with Crippen LogP contribution in [0.15, 0.2) is 48.5 Å². The lowest BCUT2D eigenvalue weighted by Crippen LogP contribution is -2.41. The minimum absolute atomic E-state index is 0.0355. The molecular formula is C34H31Cl3F5N3O6.